The molecular weight excluding hydrogens is 300 g/mol. The molecule has 1 atom stereocenters. The minimum Gasteiger partial charge on any atom is -0.446 e. The van der Waals surface area contributed by atoms with E-state index < -0.39 is 40.9 Å². The van der Waals surface area contributed by atoms with E-state index in [2.05, 4.69) is 5.32 Å². The van der Waals surface area contributed by atoms with Crippen molar-refractivity contribution in [3.63, 3.8) is 0 Å². The van der Waals surface area contributed by atoms with Crippen molar-refractivity contribution in [2.75, 3.05) is 19.6 Å². The molecule has 0 aromatic rings. The Labute approximate surface area is 124 Å². The van der Waals surface area contributed by atoms with E-state index in [1.807, 2.05) is 0 Å². The molecule has 4 N–H and O–H groups in total. The molecule has 0 aromatic heterocycles. The van der Waals surface area contributed by atoms with Crippen LogP contribution >= 0.6 is 0 Å². The Bertz CT molecular complexity index is 473. The predicted molar refractivity (Wildman–Crippen MR) is 75.5 cm³/mol. The molecule has 0 saturated carbocycles. The average Bonchev–Trinajstić information content (AvgIpc) is 2.34. The highest BCUT2D eigenvalue weighted by Crippen LogP contribution is 2.13. The maximum Gasteiger partial charge on any atom is 0.422 e. The summed E-state index contributed by atoms with van der Waals surface area (Å²) in [7, 11) is -4.19. The molecule has 0 aromatic carbocycles. The number of nitrogens with zero attached hydrogens (tertiary/aromatic N) is 1. The molecule has 1 heterocycles. The van der Waals surface area contributed by atoms with Gasteiger partial charge in [0, 0.05) is 12.6 Å². The lowest BCUT2D eigenvalue weighted by molar-refractivity contribution is -0.118. The van der Waals surface area contributed by atoms with Crippen molar-refractivity contribution in [2.45, 2.75) is 38.8 Å². The fourth-order valence-corrected chi connectivity index (χ4v) is 3.29. The van der Waals surface area contributed by atoms with E-state index in [-0.39, 0.29) is 0 Å². The van der Waals surface area contributed by atoms with Crippen LogP contribution < -0.4 is 15.8 Å². The Hall–Kier alpha value is -1.39. The van der Waals surface area contributed by atoms with E-state index in [0.717, 1.165) is 17.3 Å². The van der Waals surface area contributed by atoms with Crippen LogP contribution in [0.1, 0.15) is 26.7 Å². The minimum atomic E-state index is -4.19. The molecule has 1 aliphatic rings. The predicted octanol–water partition coefficient (Wildman–Crippen LogP) is -1.09. The third kappa shape index (κ3) is 5.86. The first-order valence-corrected chi connectivity index (χ1v) is 8.15. The number of carbonyl (C=O) groups excluding carboxylic acids is 2. The van der Waals surface area contributed by atoms with Gasteiger partial charge in [0.1, 0.15) is 0 Å². The molecule has 1 saturated heterocycles. The smallest absolute Gasteiger partial charge is 0.422 e. The van der Waals surface area contributed by atoms with Gasteiger partial charge in [0.05, 0.1) is 12.6 Å². The van der Waals surface area contributed by atoms with Gasteiger partial charge in [-0.25, -0.2) is 9.52 Å². The van der Waals surface area contributed by atoms with Crippen LogP contribution in [0.4, 0.5) is 4.79 Å². The van der Waals surface area contributed by atoms with Gasteiger partial charge in [-0.05, 0) is 33.2 Å². The zero-order valence-electron chi connectivity index (χ0n) is 12.2. The molecular formula is C11H22N4O5S. The summed E-state index contributed by atoms with van der Waals surface area (Å²) in [6.45, 7) is 3.88. The summed E-state index contributed by atoms with van der Waals surface area (Å²) in [5.41, 5.74) is 5.10. The van der Waals surface area contributed by atoms with Crippen LogP contribution in [-0.4, -0.2) is 56.5 Å². The number of ether oxygens (including phenoxy) is 1. The zero-order valence-corrected chi connectivity index (χ0v) is 13.0. The van der Waals surface area contributed by atoms with Crippen LogP contribution in [0.25, 0.3) is 0 Å². The third-order valence-electron chi connectivity index (χ3n) is 2.85. The fourth-order valence-electron chi connectivity index (χ4n) is 2.05. The summed E-state index contributed by atoms with van der Waals surface area (Å²) in [5.74, 6) is -0.789. The van der Waals surface area contributed by atoms with E-state index in [1.165, 1.54) is 0 Å². The first kappa shape index (κ1) is 17.7. The number of piperidine rings is 1. The van der Waals surface area contributed by atoms with E-state index in [1.54, 1.807) is 18.6 Å². The van der Waals surface area contributed by atoms with Crippen molar-refractivity contribution in [1.82, 2.24) is 14.3 Å². The van der Waals surface area contributed by atoms with Crippen LogP contribution in [0.5, 0.6) is 0 Å². The normalized spacial score (nSPS) is 19.5. The van der Waals surface area contributed by atoms with E-state index in [4.69, 9.17) is 10.5 Å². The molecule has 1 aliphatic heterocycles. The molecule has 0 spiro atoms. The van der Waals surface area contributed by atoms with Crippen molar-refractivity contribution in [2.24, 2.45) is 5.73 Å². The molecule has 1 fully saturated rings. The van der Waals surface area contributed by atoms with E-state index in [0.29, 0.717) is 13.0 Å². The Morgan fingerprint density at radius 2 is 2.14 bits per heavy atom. The summed E-state index contributed by atoms with van der Waals surface area (Å²) >= 11 is 0. The summed E-state index contributed by atoms with van der Waals surface area (Å²) in [6, 6.07) is -0.435. The number of hydrogen-bond acceptors (Lipinski definition) is 6. The first-order chi connectivity index (χ1) is 9.72. The van der Waals surface area contributed by atoms with Crippen LogP contribution in [0, 0.1) is 0 Å². The molecule has 0 aliphatic carbocycles. The number of nitrogens with one attached hydrogen (secondary N) is 2. The number of hydrogen-bond donors (Lipinski definition) is 3. The first-order valence-electron chi connectivity index (χ1n) is 6.71. The number of carbonyl (C=O) groups is 2. The van der Waals surface area contributed by atoms with Crippen LogP contribution in [-0.2, 0) is 19.7 Å². The number of primary amides is 1. The Morgan fingerprint density at radius 3 is 2.62 bits per heavy atom. The van der Waals surface area contributed by atoms with Gasteiger partial charge in [0.15, 0.2) is 0 Å². The maximum atomic E-state index is 12.2. The maximum absolute atomic E-state index is 12.2. The molecule has 9 nitrogen and oxygen atoms in total. The molecule has 1 rings (SSSR count). The minimum absolute atomic E-state index is 0.396. The summed E-state index contributed by atoms with van der Waals surface area (Å²) in [4.78, 5) is 22.6. The lowest BCUT2D eigenvalue weighted by atomic mass is 10.1. The highest BCUT2D eigenvalue weighted by molar-refractivity contribution is 7.87. The topological polar surface area (TPSA) is 131 Å². The fraction of sp³-hybridized carbons (Fsp3) is 0.818. The van der Waals surface area contributed by atoms with Crippen molar-refractivity contribution < 1.29 is 22.7 Å². The highest BCUT2D eigenvalue weighted by atomic mass is 32.2. The number of rotatable bonds is 6. The van der Waals surface area contributed by atoms with Crippen molar-refractivity contribution in [3.05, 3.63) is 0 Å². The van der Waals surface area contributed by atoms with Gasteiger partial charge >= 0.3 is 16.3 Å². The summed E-state index contributed by atoms with van der Waals surface area (Å²) in [5, 5.41) is 3.04. The van der Waals surface area contributed by atoms with Crippen molar-refractivity contribution >= 4 is 22.2 Å². The van der Waals surface area contributed by atoms with Crippen LogP contribution in [0.15, 0.2) is 0 Å². The lowest BCUT2D eigenvalue weighted by Gasteiger charge is -2.32. The standard InChI is InChI=1S/C11H22N4O5S/c1-8(2)20-11(17)14-21(18,19)15(7-10(12)16)9-4-3-5-13-6-9/h8-9,13H,3-7H2,1-2H3,(H2,12,16)(H,14,17). The molecule has 0 radical (unpaired) electrons. The number of amides is 2. The van der Waals surface area contributed by atoms with Crippen LogP contribution in [0.3, 0.4) is 0 Å². The Kier molecular flexibility index (Phi) is 6.37. The second-order valence-corrected chi connectivity index (χ2v) is 6.70. The molecule has 21 heavy (non-hydrogen) atoms. The van der Waals surface area contributed by atoms with Gasteiger partial charge in [-0.15, -0.1) is 0 Å². The molecule has 2 amide bonds. The van der Waals surface area contributed by atoms with Crippen molar-refractivity contribution in [1.29, 1.82) is 0 Å². The second-order valence-electron chi connectivity index (χ2n) is 5.07. The van der Waals surface area contributed by atoms with Gasteiger partial charge in [-0.3, -0.25) is 4.79 Å². The Balaban J connectivity index is 2.84. The molecule has 0 bridgehead atoms. The Morgan fingerprint density at radius 1 is 1.48 bits per heavy atom. The second kappa shape index (κ2) is 7.57. The zero-order chi connectivity index (χ0) is 16.0. The summed E-state index contributed by atoms with van der Waals surface area (Å²) < 4.78 is 31.9. The third-order valence-corrected chi connectivity index (χ3v) is 4.32. The van der Waals surface area contributed by atoms with Gasteiger partial charge in [0.2, 0.25) is 5.91 Å². The van der Waals surface area contributed by atoms with E-state index >= 15 is 0 Å². The number of nitrogens with two attached hydrogens (primary N) is 1. The monoisotopic (exact) mass is 322 g/mol. The van der Waals surface area contributed by atoms with Gasteiger partial charge in [-0.1, -0.05) is 0 Å². The molecule has 122 valence electrons. The highest BCUT2D eigenvalue weighted by Gasteiger charge is 2.33. The van der Waals surface area contributed by atoms with Gasteiger partial charge < -0.3 is 15.8 Å². The molecule has 1 unspecified atom stereocenters. The average molecular weight is 322 g/mol. The lowest BCUT2D eigenvalue weighted by Crippen LogP contribution is -2.55. The summed E-state index contributed by atoms with van der Waals surface area (Å²) in [6.07, 6.45) is -0.184. The van der Waals surface area contributed by atoms with Crippen molar-refractivity contribution in [3.8, 4) is 0 Å². The van der Waals surface area contributed by atoms with Gasteiger partial charge in [-0.2, -0.15) is 12.7 Å². The van der Waals surface area contributed by atoms with Gasteiger partial charge in [0.25, 0.3) is 0 Å². The molecule has 10 heteroatoms. The SMILES string of the molecule is CC(C)OC(=O)NS(=O)(=O)N(CC(N)=O)C1CCCNC1. The quantitative estimate of drug-likeness (QED) is 0.569. The van der Waals surface area contributed by atoms with Crippen LogP contribution in [0.2, 0.25) is 0 Å². The largest absolute Gasteiger partial charge is 0.446 e. The van der Waals surface area contributed by atoms with E-state index in [9.17, 15) is 18.0 Å².